The van der Waals surface area contributed by atoms with E-state index >= 15 is 0 Å². The molecule has 0 aromatic carbocycles. The molecule has 5 nitrogen and oxygen atoms in total. The van der Waals surface area contributed by atoms with Gasteiger partial charge in [-0.25, -0.2) is 0 Å². The number of nitrogens with one attached hydrogen (secondary N) is 1. The smallest absolute Gasteiger partial charge is 0.311 e. The molecule has 98 valence electrons. The van der Waals surface area contributed by atoms with Gasteiger partial charge in [0.1, 0.15) is 0 Å². The molecule has 17 heavy (non-hydrogen) atoms. The van der Waals surface area contributed by atoms with Gasteiger partial charge in [-0.05, 0) is 13.0 Å². The molecular weight excluding hydrogens is 242 g/mol. The molecule has 1 N–H and O–H groups in total. The van der Waals surface area contributed by atoms with Crippen LogP contribution in [0.15, 0.2) is 0 Å². The van der Waals surface area contributed by atoms with Crippen molar-refractivity contribution in [3.8, 4) is 0 Å². The number of amides is 2. The van der Waals surface area contributed by atoms with E-state index in [-0.39, 0.29) is 0 Å². The summed E-state index contributed by atoms with van der Waals surface area (Å²) in [6, 6.07) is 0. The fraction of sp³-hybridized carbons (Fsp3) is 0.818. The van der Waals surface area contributed by atoms with Crippen molar-refractivity contribution in [3.63, 3.8) is 0 Å². The summed E-state index contributed by atoms with van der Waals surface area (Å²) in [5, 5.41) is 2.58. The normalized spacial score (nSPS) is 16.9. The molecule has 1 aliphatic rings. The van der Waals surface area contributed by atoms with Crippen molar-refractivity contribution in [2.24, 2.45) is 0 Å². The number of hydrogen-bond acceptors (Lipinski definition) is 3. The van der Waals surface area contributed by atoms with Crippen molar-refractivity contribution < 1.29 is 9.59 Å². The van der Waals surface area contributed by atoms with Crippen LogP contribution in [0.2, 0.25) is 0 Å². The highest BCUT2D eigenvalue weighted by molar-refractivity contribution is 6.35. The average Bonchev–Trinajstić information content (AvgIpc) is 2.38. The highest BCUT2D eigenvalue weighted by atomic mass is 35.5. The molecule has 0 bridgehead atoms. The second kappa shape index (κ2) is 7.50. The molecule has 0 saturated carbocycles. The number of piperazine rings is 1. The molecule has 1 aliphatic heterocycles. The van der Waals surface area contributed by atoms with E-state index in [4.69, 9.17) is 11.6 Å². The Kier molecular flexibility index (Phi) is 6.29. The molecule has 1 saturated heterocycles. The highest BCUT2D eigenvalue weighted by Crippen LogP contribution is 2.01. The minimum absolute atomic E-state index is 0.421. The van der Waals surface area contributed by atoms with E-state index in [0.29, 0.717) is 31.9 Å². The van der Waals surface area contributed by atoms with Gasteiger partial charge in [0.15, 0.2) is 0 Å². The molecule has 2 amide bonds. The third kappa shape index (κ3) is 4.52. The first-order valence-electron chi connectivity index (χ1n) is 6.04. The maximum absolute atomic E-state index is 11.7. The molecule has 0 spiro atoms. The Morgan fingerprint density at radius 1 is 1.24 bits per heavy atom. The van der Waals surface area contributed by atoms with Crippen molar-refractivity contribution in [3.05, 3.63) is 0 Å². The molecule has 0 aromatic rings. The largest absolute Gasteiger partial charge is 0.348 e. The summed E-state index contributed by atoms with van der Waals surface area (Å²) in [7, 11) is 0. The zero-order valence-electron chi connectivity index (χ0n) is 10.2. The number of carbonyl (C=O) groups is 2. The number of hydrogen-bond donors (Lipinski definition) is 1. The molecule has 6 heteroatoms. The van der Waals surface area contributed by atoms with Crippen molar-refractivity contribution in [2.45, 2.75) is 13.3 Å². The summed E-state index contributed by atoms with van der Waals surface area (Å²) in [6.45, 7) is 6.50. The summed E-state index contributed by atoms with van der Waals surface area (Å²) in [5.74, 6) is -0.445. The molecule has 1 rings (SSSR count). The van der Waals surface area contributed by atoms with Gasteiger partial charge >= 0.3 is 11.8 Å². The fourth-order valence-corrected chi connectivity index (χ4v) is 1.89. The molecule has 0 atom stereocenters. The van der Waals surface area contributed by atoms with Crippen LogP contribution in [-0.4, -0.2) is 66.8 Å². The Hall–Kier alpha value is -0.810. The molecular formula is C11H20ClN3O2. The quantitative estimate of drug-likeness (QED) is 0.437. The second-order valence-electron chi connectivity index (χ2n) is 4.02. The average molecular weight is 262 g/mol. The van der Waals surface area contributed by atoms with E-state index in [9.17, 15) is 9.59 Å². The number of alkyl halides is 1. The summed E-state index contributed by atoms with van der Waals surface area (Å²) < 4.78 is 0. The van der Waals surface area contributed by atoms with Crippen LogP contribution in [-0.2, 0) is 9.59 Å². The van der Waals surface area contributed by atoms with E-state index in [1.165, 1.54) is 0 Å². The minimum Gasteiger partial charge on any atom is -0.348 e. The summed E-state index contributed by atoms with van der Waals surface area (Å²) >= 11 is 5.49. The molecule has 0 aromatic heterocycles. The third-order valence-corrected chi connectivity index (χ3v) is 3.16. The summed E-state index contributed by atoms with van der Waals surface area (Å²) in [6.07, 6.45) is 0.685. The van der Waals surface area contributed by atoms with Gasteiger partial charge in [0.2, 0.25) is 0 Å². The maximum atomic E-state index is 11.7. The zero-order valence-corrected chi connectivity index (χ0v) is 11.0. The molecule has 0 radical (unpaired) electrons. The van der Waals surface area contributed by atoms with E-state index in [1.807, 2.05) is 0 Å². The predicted octanol–water partition coefficient (Wildman–Crippen LogP) is -0.104. The topological polar surface area (TPSA) is 52.7 Å². The van der Waals surface area contributed by atoms with Gasteiger partial charge in [-0.3, -0.25) is 9.59 Å². The Bertz CT molecular complexity index is 265. The first kappa shape index (κ1) is 14.3. The van der Waals surface area contributed by atoms with Crippen LogP contribution in [0.25, 0.3) is 0 Å². The zero-order chi connectivity index (χ0) is 12.7. The van der Waals surface area contributed by atoms with Crippen molar-refractivity contribution >= 4 is 23.4 Å². The predicted molar refractivity (Wildman–Crippen MR) is 67.0 cm³/mol. The van der Waals surface area contributed by atoms with E-state index < -0.39 is 11.8 Å². The standard InChI is InChI=1S/C11H20ClN3O2/c1-2-14-6-8-15(9-7-14)11(17)10(16)13-5-3-4-12/h2-9H2,1H3,(H,13,16). The van der Waals surface area contributed by atoms with Crippen LogP contribution in [0.4, 0.5) is 0 Å². The van der Waals surface area contributed by atoms with Crippen molar-refractivity contribution in [1.29, 1.82) is 0 Å². The number of halogens is 1. The number of rotatable bonds is 4. The lowest BCUT2D eigenvalue weighted by molar-refractivity contribution is -0.146. The van der Waals surface area contributed by atoms with Crippen LogP contribution in [0.5, 0.6) is 0 Å². The fourth-order valence-electron chi connectivity index (χ4n) is 1.76. The van der Waals surface area contributed by atoms with Gasteiger partial charge in [0.25, 0.3) is 0 Å². The Balaban J connectivity index is 2.30. The summed E-state index contributed by atoms with van der Waals surface area (Å²) in [4.78, 5) is 27.1. The highest BCUT2D eigenvalue weighted by Gasteiger charge is 2.24. The lowest BCUT2D eigenvalue weighted by atomic mass is 10.3. The van der Waals surface area contributed by atoms with Crippen LogP contribution in [0, 0.1) is 0 Å². The third-order valence-electron chi connectivity index (χ3n) is 2.90. The van der Waals surface area contributed by atoms with Crippen LogP contribution < -0.4 is 5.32 Å². The van der Waals surface area contributed by atoms with Gasteiger partial charge < -0.3 is 15.1 Å². The SMILES string of the molecule is CCN1CCN(C(=O)C(=O)NCCCCl)CC1. The van der Waals surface area contributed by atoms with E-state index in [2.05, 4.69) is 17.1 Å². The van der Waals surface area contributed by atoms with Gasteiger partial charge in [0.05, 0.1) is 0 Å². The van der Waals surface area contributed by atoms with E-state index in [1.54, 1.807) is 4.90 Å². The first-order valence-corrected chi connectivity index (χ1v) is 6.58. The number of nitrogens with zero attached hydrogens (tertiary/aromatic N) is 2. The van der Waals surface area contributed by atoms with Gasteiger partial charge in [-0.1, -0.05) is 6.92 Å². The molecule has 1 fully saturated rings. The molecule has 1 heterocycles. The summed E-state index contributed by atoms with van der Waals surface area (Å²) in [5.41, 5.74) is 0. The lowest BCUT2D eigenvalue weighted by Crippen LogP contribution is -2.52. The lowest BCUT2D eigenvalue weighted by Gasteiger charge is -2.33. The van der Waals surface area contributed by atoms with Crippen LogP contribution in [0.3, 0.4) is 0 Å². The Morgan fingerprint density at radius 2 is 1.88 bits per heavy atom. The number of likely N-dealkylation sites (N-methyl/N-ethyl adjacent to an activating group) is 1. The molecule has 0 aliphatic carbocycles. The van der Waals surface area contributed by atoms with Gasteiger partial charge in [0, 0.05) is 38.6 Å². The minimum atomic E-state index is -0.514. The van der Waals surface area contributed by atoms with Crippen LogP contribution >= 0.6 is 11.6 Å². The number of carbonyl (C=O) groups excluding carboxylic acids is 2. The van der Waals surface area contributed by atoms with Gasteiger partial charge in [-0.15, -0.1) is 11.6 Å². The Labute approximate surface area is 107 Å². The van der Waals surface area contributed by atoms with Crippen LogP contribution in [0.1, 0.15) is 13.3 Å². The van der Waals surface area contributed by atoms with E-state index in [0.717, 1.165) is 19.6 Å². The maximum Gasteiger partial charge on any atom is 0.311 e. The molecule has 0 unspecified atom stereocenters. The van der Waals surface area contributed by atoms with Crippen molar-refractivity contribution in [1.82, 2.24) is 15.1 Å². The van der Waals surface area contributed by atoms with Crippen molar-refractivity contribution in [2.75, 3.05) is 45.1 Å². The van der Waals surface area contributed by atoms with Gasteiger partial charge in [-0.2, -0.15) is 0 Å². The second-order valence-corrected chi connectivity index (χ2v) is 4.40. The monoisotopic (exact) mass is 261 g/mol. The first-order chi connectivity index (χ1) is 8.19. The Morgan fingerprint density at radius 3 is 2.41 bits per heavy atom.